The van der Waals surface area contributed by atoms with Gasteiger partial charge < -0.3 is 13.7 Å². The van der Waals surface area contributed by atoms with Gasteiger partial charge in [0.25, 0.3) is 0 Å². The van der Waals surface area contributed by atoms with Crippen molar-refractivity contribution < 1.29 is 0 Å². The lowest BCUT2D eigenvalue weighted by atomic mass is 10.0. The van der Waals surface area contributed by atoms with E-state index < -0.39 is 0 Å². The molecule has 3 aromatic heterocycles. The first-order valence-electron chi connectivity index (χ1n) is 18.3. The van der Waals surface area contributed by atoms with Gasteiger partial charge in [0.1, 0.15) is 0 Å². The Balaban J connectivity index is 1.13. The largest absolute Gasteiger partial charge is 0.309 e. The first-order valence-corrected chi connectivity index (χ1v) is 18.3. The Morgan fingerprint density at radius 2 is 0.855 bits per heavy atom. The second-order valence-electron chi connectivity index (χ2n) is 14.0. The van der Waals surface area contributed by atoms with E-state index in [1.54, 1.807) is 0 Å². The van der Waals surface area contributed by atoms with E-state index in [0.717, 1.165) is 61.0 Å². The summed E-state index contributed by atoms with van der Waals surface area (Å²) < 4.78 is 6.93. The van der Waals surface area contributed by atoms with E-state index in [1.807, 2.05) is 42.5 Å². The minimum atomic E-state index is 0.563. The molecule has 254 valence electrons. The van der Waals surface area contributed by atoms with E-state index in [1.165, 1.54) is 32.6 Å². The Kier molecular flexibility index (Phi) is 6.61. The molecule has 0 fully saturated rings. The Hall–Kier alpha value is -7.86. The zero-order valence-electron chi connectivity index (χ0n) is 29.5. The van der Waals surface area contributed by atoms with Crippen LogP contribution in [0, 0.1) is 22.7 Å². The summed E-state index contributed by atoms with van der Waals surface area (Å²) in [6, 6.07) is 66.0. The van der Waals surface area contributed by atoms with Crippen molar-refractivity contribution >= 4 is 65.4 Å². The molecule has 0 N–H and O–H groups in total. The molecular weight excluding hydrogens is 671 g/mol. The maximum Gasteiger partial charge on any atom is 0.0998 e. The van der Waals surface area contributed by atoms with Gasteiger partial charge in [-0.05, 0) is 90.0 Å². The second-order valence-corrected chi connectivity index (χ2v) is 14.0. The van der Waals surface area contributed by atoms with Crippen molar-refractivity contribution in [2.24, 2.45) is 0 Å². The summed E-state index contributed by atoms with van der Waals surface area (Å²) in [7, 11) is 0. The molecule has 0 aliphatic rings. The van der Waals surface area contributed by atoms with Crippen LogP contribution in [-0.2, 0) is 0 Å². The number of nitriles is 2. The normalized spacial score (nSPS) is 11.6. The highest BCUT2D eigenvalue weighted by atomic mass is 15.0. The lowest BCUT2D eigenvalue weighted by Gasteiger charge is -2.14. The number of rotatable bonds is 4. The van der Waals surface area contributed by atoms with Crippen LogP contribution in [0.15, 0.2) is 176 Å². The Bertz CT molecular complexity index is 3420. The van der Waals surface area contributed by atoms with Gasteiger partial charge in [0.2, 0.25) is 0 Å². The van der Waals surface area contributed by atoms with Crippen LogP contribution < -0.4 is 0 Å². The molecule has 0 radical (unpaired) electrons. The predicted molar refractivity (Wildman–Crippen MR) is 224 cm³/mol. The van der Waals surface area contributed by atoms with Gasteiger partial charge in [0, 0.05) is 43.7 Å². The lowest BCUT2D eigenvalue weighted by molar-refractivity contribution is 1.17. The summed E-state index contributed by atoms with van der Waals surface area (Å²) in [5, 5.41) is 27.1. The van der Waals surface area contributed by atoms with E-state index in [0.29, 0.717) is 11.1 Å². The van der Waals surface area contributed by atoms with E-state index in [9.17, 15) is 10.5 Å². The first kappa shape index (κ1) is 30.7. The Morgan fingerprint density at radius 1 is 0.345 bits per heavy atom. The third-order valence-electron chi connectivity index (χ3n) is 11.1. The van der Waals surface area contributed by atoms with Crippen LogP contribution in [-0.4, -0.2) is 13.7 Å². The number of para-hydroxylation sites is 4. The van der Waals surface area contributed by atoms with E-state index in [4.69, 9.17) is 0 Å². The van der Waals surface area contributed by atoms with Gasteiger partial charge >= 0.3 is 0 Å². The average molecular weight is 700 g/mol. The highest BCUT2D eigenvalue weighted by molar-refractivity contribution is 6.16. The number of nitrogens with zero attached hydrogens (tertiary/aromatic N) is 5. The van der Waals surface area contributed by atoms with E-state index in [2.05, 4.69) is 159 Å². The fraction of sp³-hybridized carbons (Fsp3) is 0. The van der Waals surface area contributed by atoms with Crippen molar-refractivity contribution in [1.82, 2.24) is 13.7 Å². The minimum Gasteiger partial charge on any atom is -0.309 e. The lowest BCUT2D eigenvalue weighted by Crippen LogP contribution is -1.98. The number of hydrogen-bond acceptors (Lipinski definition) is 2. The molecule has 5 nitrogen and oxygen atoms in total. The molecule has 0 saturated heterocycles. The molecular formula is C50H29N5. The molecule has 55 heavy (non-hydrogen) atoms. The zero-order valence-corrected chi connectivity index (χ0v) is 29.5. The number of hydrogen-bond donors (Lipinski definition) is 0. The molecule has 0 aliphatic carbocycles. The summed E-state index contributed by atoms with van der Waals surface area (Å²) in [6.07, 6.45) is 0. The number of fused-ring (bicyclic) bond motifs is 9. The van der Waals surface area contributed by atoms with Gasteiger partial charge in [-0.15, -0.1) is 0 Å². The first-order chi connectivity index (χ1) is 27.2. The topological polar surface area (TPSA) is 62.4 Å². The van der Waals surface area contributed by atoms with Gasteiger partial charge in [-0.25, -0.2) is 0 Å². The van der Waals surface area contributed by atoms with Crippen LogP contribution in [0.1, 0.15) is 11.1 Å². The summed E-state index contributed by atoms with van der Waals surface area (Å²) in [4.78, 5) is 0. The number of benzene rings is 8. The molecule has 0 aliphatic heterocycles. The van der Waals surface area contributed by atoms with Crippen molar-refractivity contribution in [3.63, 3.8) is 0 Å². The third kappa shape index (κ3) is 4.45. The highest BCUT2D eigenvalue weighted by Crippen LogP contribution is 2.41. The minimum absolute atomic E-state index is 0.563. The highest BCUT2D eigenvalue weighted by Gasteiger charge is 2.20. The molecule has 0 amide bonds. The Morgan fingerprint density at radius 3 is 1.51 bits per heavy atom. The molecule has 11 aromatic rings. The van der Waals surface area contributed by atoms with Crippen LogP contribution in [0.5, 0.6) is 0 Å². The average Bonchev–Trinajstić information content (AvgIpc) is 3.89. The molecule has 3 heterocycles. The van der Waals surface area contributed by atoms with Crippen LogP contribution in [0.3, 0.4) is 0 Å². The summed E-state index contributed by atoms with van der Waals surface area (Å²) in [6.45, 7) is 0. The van der Waals surface area contributed by atoms with Crippen LogP contribution >= 0.6 is 0 Å². The monoisotopic (exact) mass is 699 g/mol. The standard InChI is InChI=1S/C50H29N5/c51-30-32-26-35(29-37(27-32)54-44-21-7-3-17-40(44)49-34(31-52)13-10-23-46(49)54)33-12-9-14-36(28-33)53-45-22-8-4-18-41(45)50-47(53)24-11-25-48(50)55-42-19-5-1-15-38(42)39-16-2-6-20-43(39)55/h1-29H. The van der Waals surface area contributed by atoms with Crippen molar-refractivity contribution in [2.75, 3.05) is 0 Å². The maximum atomic E-state index is 10.3. The molecule has 0 saturated carbocycles. The van der Waals surface area contributed by atoms with Gasteiger partial charge in [-0.3, -0.25) is 0 Å². The van der Waals surface area contributed by atoms with Crippen molar-refractivity contribution in [3.05, 3.63) is 187 Å². The summed E-state index contributed by atoms with van der Waals surface area (Å²) in [5.74, 6) is 0. The predicted octanol–water partition coefficient (Wildman–Crippen LogP) is 12.4. The second kappa shape index (κ2) is 11.8. The number of aromatic nitrogens is 3. The zero-order chi connectivity index (χ0) is 36.6. The van der Waals surface area contributed by atoms with Crippen LogP contribution in [0.2, 0.25) is 0 Å². The van der Waals surface area contributed by atoms with Crippen molar-refractivity contribution in [3.8, 4) is 40.3 Å². The van der Waals surface area contributed by atoms with E-state index in [-0.39, 0.29) is 0 Å². The van der Waals surface area contributed by atoms with Gasteiger partial charge in [0.15, 0.2) is 0 Å². The van der Waals surface area contributed by atoms with E-state index >= 15 is 0 Å². The summed E-state index contributed by atoms with van der Waals surface area (Å²) >= 11 is 0. The molecule has 0 spiro atoms. The quantitative estimate of drug-likeness (QED) is 0.184. The fourth-order valence-corrected chi connectivity index (χ4v) is 8.83. The third-order valence-corrected chi connectivity index (χ3v) is 11.1. The molecule has 0 unspecified atom stereocenters. The van der Waals surface area contributed by atoms with Gasteiger partial charge in [-0.1, -0.05) is 97.1 Å². The molecule has 8 aromatic carbocycles. The summed E-state index contributed by atoms with van der Waals surface area (Å²) in [5.41, 5.74) is 12.7. The Labute approximate surface area is 316 Å². The van der Waals surface area contributed by atoms with Crippen molar-refractivity contribution in [1.29, 1.82) is 10.5 Å². The smallest absolute Gasteiger partial charge is 0.0998 e. The molecule has 0 atom stereocenters. The fourth-order valence-electron chi connectivity index (χ4n) is 8.83. The van der Waals surface area contributed by atoms with Crippen LogP contribution in [0.4, 0.5) is 0 Å². The SMILES string of the molecule is N#Cc1cc(-c2cccc(-n3c4ccccc4c4c(-n5c6ccccc6c6ccccc65)cccc43)c2)cc(-n2c3ccccc3c3c(C#N)cccc32)c1. The van der Waals surface area contributed by atoms with Gasteiger partial charge in [-0.2, -0.15) is 10.5 Å². The molecule has 5 heteroatoms. The van der Waals surface area contributed by atoms with Gasteiger partial charge in [0.05, 0.1) is 62.1 Å². The van der Waals surface area contributed by atoms with Crippen molar-refractivity contribution in [2.45, 2.75) is 0 Å². The maximum absolute atomic E-state index is 10.3. The molecule has 0 bridgehead atoms. The molecule has 11 rings (SSSR count). The van der Waals surface area contributed by atoms with Crippen LogP contribution in [0.25, 0.3) is 93.6 Å².